The second kappa shape index (κ2) is 8.01. The molecule has 1 spiro atoms. The number of piperidine rings is 1. The largest absolute Gasteiger partial charge is 0.307 e. The summed E-state index contributed by atoms with van der Waals surface area (Å²) in [7, 11) is 0. The molecule has 0 unspecified atom stereocenters. The predicted octanol–water partition coefficient (Wildman–Crippen LogP) is 5.87. The van der Waals surface area contributed by atoms with E-state index in [1.807, 2.05) is 6.07 Å². The molecule has 3 aromatic rings. The predicted molar refractivity (Wildman–Crippen MR) is 120 cm³/mol. The summed E-state index contributed by atoms with van der Waals surface area (Å²) in [6.45, 7) is 3.09. The third-order valence-electron chi connectivity index (χ3n) is 6.50. The SMILES string of the molecule is O=C(c1c(F)cccc1F)N1CC2(CCN(Cc3ccsc3)CC2)c2cc(Cl)ccc21. The summed E-state index contributed by atoms with van der Waals surface area (Å²) in [5.41, 5.74) is 2.24. The number of rotatable bonds is 3. The monoisotopic (exact) mass is 458 g/mol. The van der Waals surface area contributed by atoms with Crippen LogP contribution in [0.4, 0.5) is 14.5 Å². The van der Waals surface area contributed by atoms with Gasteiger partial charge in [-0.2, -0.15) is 11.3 Å². The van der Waals surface area contributed by atoms with Crippen molar-refractivity contribution in [2.45, 2.75) is 24.8 Å². The van der Waals surface area contributed by atoms with E-state index in [4.69, 9.17) is 11.6 Å². The average molecular weight is 459 g/mol. The molecule has 5 rings (SSSR count). The number of likely N-dealkylation sites (tertiary alicyclic amines) is 1. The second-order valence-electron chi connectivity index (χ2n) is 8.34. The van der Waals surface area contributed by atoms with Gasteiger partial charge in [0.25, 0.3) is 5.91 Å². The Hall–Kier alpha value is -2.28. The zero-order chi connectivity index (χ0) is 21.6. The molecule has 0 aliphatic carbocycles. The number of hydrogen-bond acceptors (Lipinski definition) is 3. The summed E-state index contributed by atoms with van der Waals surface area (Å²) < 4.78 is 28.7. The second-order valence-corrected chi connectivity index (χ2v) is 9.55. The Morgan fingerprint density at radius 2 is 1.84 bits per heavy atom. The summed E-state index contributed by atoms with van der Waals surface area (Å²) in [5.74, 6) is -2.32. The lowest BCUT2D eigenvalue weighted by Crippen LogP contribution is -2.46. The summed E-state index contributed by atoms with van der Waals surface area (Å²) in [5, 5.41) is 4.85. The summed E-state index contributed by atoms with van der Waals surface area (Å²) in [6.07, 6.45) is 1.71. The molecule has 3 nitrogen and oxygen atoms in total. The van der Waals surface area contributed by atoms with Crippen LogP contribution in [0.3, 0.4) is 0 Å². The lowest BCUT2D eigenvalue weighted by atomic mass is 9.74. The smallest absolute Gasteiger partial charge is 0.264 e. The van der Waals surface area contributed by atoms with Gasteiger partial charge in [-0.15, -0.1) is 0 Å². The molecule has 0 N–H and O–H groups in total. The third kappa shape index (κ3) is 3.67. The maximum Gasteiger partial charge on any atom is 0.264 e. The van der Waals surface area contributed by atoms with Crippen molar-refractivity contribution in [3.05, 3.63) is 86.6 Å². The van der Waals surface area contributed by atoms with Gasteiger partial charge in [-0.1, -0.05) is 17.7 Å². The van der Waals surface area contributed by atoms with E-state index in [0.717, 1.165) is 50.2 Å². The fraction of sp³-hybridized carbons (Fsp3) is 0.292. The number of thiophene rings is 1. The Kier molecular flexibility index (Phi) is 5.32. The van der Waals surface area contributed by atoms with Crippen LogP contribution in [0.1, 0.15) is 34.3 Å². The molecular weight excluding hydrogens is 438 g/mol. The number of halogens is 3. The van der Waals surface area contributed by atoms with Crippen molar-refractivity contribution >= 4 is 34.5 Å². The Balaban J connectivity index is 1.45. The summed E-state index contributed by atoms with van der Waals surface area (Å²) >= 11 is 8.01. The van der Waals surface area contributed by atoms with E-state index < -0.39 is 23.1 Å². The highest BCUT2D eigenvalue weighted by atomic mass is 35.5. The molecule has 2 aliphatic heterocycles. The van der Waals surface area contributed by atoms with Gasteiger partial charge in [0.05, 0.1) is 0 Å². The highest BCUT2D eigenvalue weighted by Gasteiger charge is 2.47. The number of carbonyl (C=O) groups is 1. The molecule has 1 fully saturated rings. The molecule has 31 heavy (non-hydrogen) atoms. The fourth-order valence-electron chi connectivity index (χ4n) is 4.87. The van der Waals surface area contributed by atoms with E-state index in [9.17, 15) is 13.6 Å². The first-order valence-electron chi connectivity index (χ1n) is 10.3. The van der Waals surface area contributed by atoms with E-state index >= 15 is 0 Å². The quantitative estimate of drug-likeness (QED) is 0.489. The molecule has 1 aromatic heterocycles. The molecule has 3 heterocycles. The van der Waals surface area contributed by atoms with Crippen LogP contribution in [0, 0.1) is 11.6 Å². The maximum atomic E-state index is 14.3. The molecule has 2 aromatic carbocycles. The first kappa shape index (κ1) is 20.6. The number of fused-ring (bicyclic) bond motifs is 2. The number of benzene rings is 2. The summed E-state index contributed by atoms with van der Waals surface area (Å²) in [6, 6.07) is 11.1. The lowest BCUT2D eigenvalue weighted by molar-refractivity contribution is 0.0967. The van der Waals surface area contributed by atoms with Crippen LogP contribution in [0.5, 0.6) is 0 Å². The first-order valence-corrected chi connectivity index (χ1v) is 11.6. The average Bonchev–Trinajstić information content (AvgIpc) is 3.36. The first-order chi connectivity index (χ1) is 15.0. The van der Waals surface area contributed by atoms with Crippen molar-refractivity contribution in [2.75, 3.05) is 24.5 Å². The van der Waals surface area contributed by atoms with Gasteiger partial charge >= 0.3 is 0 Å². The molecule has 160 valence electrons. The number of hydrogen-bond donors (Lipinski definition) is 0. The number of anilines is 1. The Bertz CT molecular complexity index is 1110. The van der Waals surface area contributed by atoms with Gasteiger partial charge in [0.2, 0.25) is 0 Å². The Morgan fingerprint density at radius 1 is 1.10 bits per heavy atom. The van der Waals surface area contributed by atoms with Crippen molar-refractivity contribution in [3.8, 4) is 0 Å². The molecule has 1 amide bonds. The van der Waals surface area contributed by atoms with Crippen molar-refractivity contribution in [3.63, 3.8) is 0 Å². The van der Waals surface area contributed by atoms with Crippen LogP contribution >= 0.6 is 22.9 Å². The van der Waals surface area contributed by atoms with Crippen LogP contribution in [-0.2, 0) is 12.0 Å². The fourth-order valence-corrected chi connectivity index (χ4v) is 5.70. The lowest BCUT2D eigenvalue weighted by Gasteiger charge is -2.40. The van der Waals surface area contributed by atoms with E-state index in [1.165, 1.54) is 16.5 Å². The highest BCUT2D eigenvalue weighted by molar-refractivity contribution is 7.07. The van der Waals surface area contributed by atoms with E-state index in [2.05, 4.69) is 21.7 Å². The number of nitrogens with zero attached hydrogens (tertiary/aromatic N) is 2. The molecule has 2 aliphatic rings. The van der Waals surface area contributed by atoms with Gasteiger partial charge in [0.15, 0.2) is 0 Å². The van der Waals surface area contributed by atoms with Gasteiger partial charge < -0.3 is 4.90 Å². The van der Waals surface area contributed by atoms with Crippen LogP contribution < -0.4 is 4.90 Å². The molecular formula is C24H21ClF2N2OS. The molecule has 0 radical (unpaired) electrons. The highest BCUT2D eigenvalue weighted by Crippen LogP contribution is 2.48. The van der Waals surface area contributed by atoms with Crippen LogP contribution in [0.2, 0.25) is 5.02 Å². The Labute approximate surface area is 188 Å². The van der Waals surface area contributed by atoms with Gasteiger partial charge in [0, 0.05) is 29.2 Å². The van der Waals surface area contributed by atoms with Crippen LogP contribution in [-0.4, -0.2) is 30.4 Å². The minimum atomic E-state index is -0.841. The van der Waals surface area contributed by atoms with Crippen molar-refractivity contribution in [2.24, 2.45) is 0 Å². The topological polar surface area (TPSA) is 23.6 Å². The molecule has 0 atom stereocenters. The molecule has 1 saturated heterocycles. The van der Waals surface area contributed by atoms with Crippen LogP contribution in [0.25, 0.3) is 0 Å². The number of amides is 1. The van der Waals surface area contributed by atoms with E-state index in [0.29, 0.717) is 17.3 Å². The van der Waals surface area contributed by atoms with Gasteiger partial charge in [0.1, 0.15) is 17.2 Å². The van der Waals surface area contributed by atoms with E-state index in [1.54, 1.807) is 23.5 Å². The van der Waals surface area contributed by atoms with Crippen LogP contribution in [0.15, 0.2) is 53.2 Å². The maximum absolute atomic E-state index is 14.3. The van der Waals surface area contributed by atoms with Gasteiger partial charge in [-0.25, -0.2) is 8.78 Å². The van der Waals surface area contributed by atoms with E-state index in [-0.39, 0.29) is 5.41 Å². The molecule has 0 bridgehead atoms. The van der Waals surface area contributed by atoms with Crippen molar-refractivity contribution < 1.29 is 13.6 Å². The van der Waals surface area contributed by atoms with Crippen molar-refractivity contribution in [1.29, 1.82) is 0 Å². The van der Waals surface area contributed by atoms with Crippen molar-refractivity contribution in [1.82, 2.24) is 4.90 Å². The third-order valence-corrected chi connectivity index (χ3v) is 7.47. The number of carbonyl (C=O) groups excluding carboxylic acids is 1. The zero-order valence-corrected chi connectivity index (χ0v) is 18.4. The molecule has 7 heteroatoms. The minimum absolute atomic E-state index is 0.261. The minimum Gasteiger partial charge on any atom is -0.307 e. The Morgan fingerprint density at radius 3 is 2.52 bits per heavy atom. The summed E-state index contributed by atoms with van der Waals surface area (Å²) in [4.78, 5) is 17.2. The van der Waals surface area contributed by atoms with Gasteiger partial charge in [-0.05, 0) is 84.2 Å². The standard InChI is InChI=1S/C24H21ClF2N2OS/c25-17-4-5-21-18(12-17)24(7-9-28(10-8-24)13-16-6-11-31-14-16)15-29(21)23(30)22-19(26)2-1-3-20(22)27/h1-6,11-12,14H,7-10,13,15H2. The van der Waals surface area contributed by atoms with Gasteiger partial charge in [-0.3, -0.25) is 9.69 Å². The zero-order valence-electron chi connectivity index (χ0n) is 16.8. The normalized spacial score (nSPS) is 17.8. The molecule has 0 saturated carbocycles.